The molecule has 0 atom stereocenters. The molecule has 6 heteroatoms. The largest absolute Gasteiger partial charge is 0.478 e. The average molecular weight is 380 g/mol. The Hall–Kier alpha value is -3.17. The van der Waals surface area contributed by atoms with Crippen molar-refractivity contribution in [3.63, 3.8) is 0 Å². The smallest absolute Gasteiger partial charge is 0.338 e. The van der Waals surface area contributed by atoms with Gasteiger partial charge in [0.15, 0.2) is 7.14 Å². The lowest BCUT2D eigenvalue weighted by molar-refractivity contribution is 0.0600. The molecular formula is C21H17O5P. The van der Waals surface area contributed by atoms with E-state index in [1.807, 2.05) is 0 Å². The number of benzene rings is 3. The minimum atomic E-state index is -3.51. The third-order valence-corrected chi connectivity index (χ3v) is 7.33. The Labute approximate surface area is 156 Å². The zero-order valence-electron chi connectivity index (χ0n) is 14.5. The fraction of sp³-hybridized carbons (Fsp3) is 0.0476. The van der Waals surface area contributed by atoms with Crippen molar-refractivity contribution in [2.45, 2.75) is 0 Å². The molecule has 0 fully saturated rings. The molecule has 0 aliphatic carbocycles. The summed E-state index contributed by atoms with van der Waals surface area (Å²) in [7, 11) is -2.28. The third kappa shape index (κ3) is 3.42. The molecule has 0 amide bonds. The zero-order valence-corrected chi connectivity index (χ0v) is 15.4. The van der Waals surface area contributed by atoms with Crippen LogP contribution in [-0.2, 0) is 9.30 Å². The molecule has 0 unspecified atom stereocenters. The molecule has 0 radical (unpaired) electrons. The van der Waals surface area contributed by atoms with Gasteiger partial charge in [0.05, 0.1) is 18.2 Å². The van der Waals surface area contributed by atoms with Gasteiger partial charge in [0, 0.05) is 15.9 Å². The maximum atomic E-state index is 14.4. The summed E-state index contributed by atoms with van der Waals surface area (Å²) in [5.41, 5.74) is 0.0308. The standard InChI is InChI=1S/C21H17O5P/c1-26-21(24)18-13-12-15(20(22)23)14-19(18)27(25,16-8-4-2-5-9-16)17-10-6-3-7-11-17/h2-14H,1H3,(H,22,23). The zero-order chi connectivity index (χ0) is 19.4. The van der Waals surface area contributed by atoms with Crippen LogP contribution in [0.2, 0.25) is 0 Å². The Bertz CT molecular complexity index is 985. The number of methoxy groups -OCH3 is 1. The molecule has 136 valence electrons. The maximum absolute atomic E-state index is 14.4. The van der Waals surface area contributed by atoms with E-state index in [4.69, 9.17) is 4.74 Å². The predicted octanol–water partition coefficient (Wildman–Crippen LogP) is 2.81. The Morgan fingerprint density at radius 2 is 1.37 bits per heavy atom. The first kappa shape index (κ1) is 18.6. The molecule has 0 aliphatic rings. The molecule has 0 saturated heterocycles. The summed E-state index contributed by atoms with van der Waals surface area (Å²) < 4.78 is 19.3. The third-order valence-electron chi connectivity index (χ3n) is 4.23. The summed E-state index contributed by atoms with van der Waals surface area (Å²) in [5, 5.41) is 10.5. The topological polar surface area (TPSA) is 80.7 Å². The van der Waals surface area contributed by atoms with Crippen LogP contribution in [0.1, 0.15) is 20.7 Å². The highest BCUT2D eigenvalue weighted by Crippen LogP contribution is 2.43. The van der Waals surface area contributed by atoms with Gasteiger partial charge < -0.3 is 14.4 Å². The normalized spacial score (nSPS) is 11.0. The summed E-state index contributed by atoms with van der Waals surface area (Å²) in [6, 6.07) is 21.4. The molecule has 0 saturated carbocycles. The van der Waals surface area contributed by atoms with Gasteiger partial charge in [-0.3, -0.25) is 0 Å². The van der Waals surface area contributed by atoms with Gasteiger partial charge in [0.2, 0.25) is 0 Å². The number of carbonyl (C=O) groups is 2. The molecule has 3 aromatic rings. The summed E-state index contributed by atoms with van der Waals surface area (Å²) in [5.74, 6) is -1.84. The first-order chi connectivity index (χ1) is 13.0. The van der Waals surface area contributed by atoms with Crippen molar-refractivity contribution in [2.24, 2.45) is 0 Å². The number of carbonyl (C=O) groups excluding carboxylic acids is 1. The number of aromatic carboxylic acids is 1. The van der Waals surface area contributed by atoms with Crippen LogP contribution >= 0.6 is 7.14 Å². The molecule has 5 nitrogen and oxygen atoms in total. The first-order valence-corrected chi connectivity index (χ1v) is 9.86. The Balaban J connectivity index is 2.40. The van der Waals surface area contributed by atoms with E-state index in [1.54, 1.807) is 60.7 Å². The quantitative estimate of drug-likeness (QED) is 0.544. The molecule has 0 aromatic heterocycles. The van der Waals surface area contributed by atoms with Gasteiger partial charge in [-0.2, -0.15) is 0 Å². The van der Waals surface area contributed by atoms with Gasteiger partial charge in [-0.05, 0) is 18.2 Å². The monoisotopic (exact) mass is 380 g/mol. The molecule has 3 rings (SSSR count). The summed E-state index contributed by atoms with van der Waals surface area (Å²) >= 11 is 0. The van der Waals surface area contributed by atoms with Gasteiger partial charge in [-0.1, -0.05) is 60.7 Å². The Morgan fingerprint density at radius 3 is 1.81 bits per heavy atom. The second-order valence-electron chi connectivity index (χ2n) is 5.81. The van der Waals surface area contributed by atoms with Crippen molar-refractivity contribution in [1.29, 1.82) is 0 Å². The van der Waals surface area contributed by atoms with Crippen molar-refractivity contribution in [2.75, 3.05) is 7.11 Å². The number of carboxylic acids is 1. The highest BCUT2D eigenvalue weighted by molar-refractivity contribution is 7.85. The minimum absolute atomic E-state index is 0.0512. The van der Waals surface area contributed by atoms with Crippen LogP contribution in [0.15, 0.2) is 78.9 Å². The molecule has 0 heterocycles. The van der Waals surface area contributed by atoms with E-state index in [-0.39, 0.29) is 16.4 Å². The fourth-order valence-electron chi connectivity index (χ4n) is 2.91. The van der Waals surface area contributed by atoms with Crippen LogP contribution < -0.4 is 15.9 Å². The van der Waals surface area contributed by atoms with Gasteiger partial charge in [0.1, 0.15) is 0 Å². The highest BCUT2D eigenvalue weighted by atomic mass is 31.2. The second kappa shape index (κ2) is 7.60. The lowest BCUT2D eigenvalue weighted by Gasteiger charge is -2.22. The van der Waals surface area contributed by atoms with E-state index >= 15 is 0 Å². The lowest BCUT2D eigenvalue weighted by Crippen LogP contribution is -2.30. The second-order valence-corrected chi connectivity index (χ2v) is 8.54. The molecule has 0 aliphatic heterocycles. The van der Waals surface area contributed by atoms with Gasteiger partial charge in [-0.25, -0.2) is 9.59 Å². The predicted molar refractivity (Wildman–Crippen MR) is 104 cm³/mol. The van der Waals surface area contributed by atoms with Gasteiger partial charge in [0.25, 0.3) is 0 Å². The van der Waals surface area contributed by atoms with Crippen molar-refractivity contribution in [1.82, 2.24) is 0 Å². The number of rotatable bonds is 5. The van der Waals surface area contributed by atoms with E-state index in [0.717, 1.165) is 0 Å². The minimum Gasteiger partial charge on any atom is -0.478 e. The van der Waals surface area contributed by atoms with E-state index in [1.165, 1.54) is 25.3 Å². The number of hydrogen-bond donors (Lipinski definition) is 1. The maximum Gasteiger partial charge on any atom is 0.338 e. The van der Waals surface area contributed by atoms with E-state index in [0.29, 0.717) is 10.6 Å². The molecule has 1 N–H and O–H groups in total. The molecule has 3 aromatic carbocycles. The van der Waals surface area contributed by atoms with E-state index in [9.17, 15) is 19.3 Å². The van der Waals surface area contributed by atoms with Crippen molar-refractivity contribution < 1.29 is 24.0 Å². The van der Waals surface area contributed by atoms with Crippen molar-refractivity contribution in [3.8, 4) is 0 Å². The Morgan fingerprint density at radius 1 is 0.852 bits per heavy atom. The first-order valence-electron chi connectivity index (χ1n) is 8.16. The van der Waals surface area contributed by atoms with Gasteiger partial charge in [-0.15, -0.1) is 0 Å². The number of ether oxygens (including phenoxy) is 1. The molecule has 0 bridgehead atoms. The summed E-state index contributed by atoms with van der Waals surface area (Å²) in [6.45, 7) is 0. The molecule has 27 heavy (non-hydrogen) atoms. The summed E-state index contributed by atoms with van der Waals surface area (Å²) in [4.78, 5) is 23.8. The van der Waals surface area contributed by atoms with Crippen LogP contribution in [0.5, 0.6) is 0 Å². The summed E-state index contributed by atoms with van der Waals surface area (Å²) in [6.07, 6.45) is 0. The average Bonchev–Trinajstić information content (AvgIpc) is 2.73. The SMILES string of the molecule is COC(=O)c1ccc(C(=O)O)cc1P(=O)(c1ccccc1)c1ccccc1. The Kier molecular flexibility index (Phi) is 5.24. The number of hydrogen-bond acceptors (Lipinski definition) is 4. The van der Waals surface area contributed by atoms with Crippen LogP contribution in [-0.4, -0.2) is 24.2 Å². The van der Waals surface area contributed by atoms with Crippen LogP contribution in [0.4, 0.5) is 0 Å². The van der Waals surface area contributed by atoms with Crippen molar-refractivity contribution in [3.05, 3.63) is 90.0 Å². The van der Waals surface area contributed by atoms with Crippen LogP contribution in [0.3, 0.4) is 0 Å². The number of esters is 1. The van der Waals surface area contributed by atoms with E-state index in [2.05, 4.69) is 0 Å². The van der Waals surface area contributed by atoms with E-state index < -0.39 is 19.1 Å². The fourth-order valence-corrected chi connectivity index (χ4v) is 5.78. The lowest BCUT2D eigenvalue weighted by atomic mass is 10.1. The van der Waals surface area contributed by atoms with Crippen LogP contribution in [0.25, 0.3) is 0 Å². The highest BCUT2D eigenvalue weighted by Gasteiger charge is 2.34. The van der Waals surface area contributed by atoms with Crippen LogP contribution in [0, 0.1) is 0 Å². The van der Waals surface area contributed by atoms with Gasteiger partial charge >= 0.3 is 11.9 Å². The van der Waals surface area contributed by atoms with Crippen molar-refractivity contribution >= 4 is 35.0 Å². The molecule has 0 spiro atoms. The molecular weight excluding hydrogens is 363 g/mol. The number of carboxylic acid groups (broad SMARTS) is 1.